The summed E-state index contributed by atoms with van der Waals surface area (Å²) in [5, 5.41) is 10.2. The van der Waals surface area contributed by atoms with Gasteiger partial charge in [-0.15, -0.1) is 0 Å². The summed E-state index contributed by atoms with van der Waals surface area (Å²) < 4.78 is 0. The van der Waals surface area contributed by atoms with Crippen LogP contribution in [0.3, 0.4) is 0 Å². The summed E-state index contributed by atoms with van der Waals surface area (Å²) >= 11 is 0. The van der Waals surface area contributed by atoms with Gasteiger partial charge in [0, 0.05) is 29.9 Å². The third-order valence-electron chi connectivity index (χ3n) is 5.27. The zero-order chi connectivity index (χ0) is 22.5. The molecule has 0 saturated heterocycles. The Balaban J connectivity index is 1.60. The Morgan fingerprint density at radius 3 is 2.56 bits per heavy atom. The smallest absolute Gasteiger partial charge is 0.251 e. The molecule has 0 aliphatic carbocycles. The highest BCUT2D eigenvalue weighted by Gasteiger charge is 2.19. The first-order valence-electron chi connectivity index (χ1n) is 10.4. The average Bonchev–Trinajstić information content (AvgIpc) is 3.11. The molecule has 3 N–H and O–H groups in total. The number of aromatic amines is 2. The van der Waals surface area contributed by atoms with Crippen molar-refractivity contribution in [2.45, 2.75) is 32.7 Å². The molecule has 0 radical (unpaired) electrons. The highest BCUT2D eigenvalue weighted by Crippen LogP contribution is 2.19. The van der Waals surface area contributed by atoms with Crippen molar-refractivity contribution in [2.24, 2.45) is 0 Å². The Labute approximate surface area is 185 Å². The molecular weight excluding hydrogens is 404 g/mol. The van der Waals surface area contributed by atoms with Crippen molar-refractivity contribution in [3.63, 3.8) is 0 Å². The summed E-state index contributed by atoms with van der Waals surface area (Å²) in [7, 11) is 0. The van der Waals surface area contributed by atoms with Crippen molar-refractivity contribution in [1.29, 1.82) is 0 Å². The molecule has 0 fully saturated rings. The lowest BCUT2D eigenvalue weighted by molar-refractivity contribution is -0.121. The van der Waals surface area contributed by atoms with E-state index in [-0.39, 0.29) is 23.9 Å². The molecule has 0 aliphatic heterocycles. The van der Waals surface area contributed by atoms with Gasteiger partial charge in [0.15, 0.2) is 5.82 Å². The lowest BCUT2D eigenvalue weighted by Gasteiger charge is -2.19. The molecule has 4 aromatic rings. The van der Waals surface area contributed by atoms with Crippen molar-refractivity contribution in [2.75, 3.05) is 0 Å². The molecule has 8 heteroatoms. The molecule has 1 aromatic carbocycles. The first kappa shape index (κ1) is 21.2. The molecule has 3 heterocycles. The predicted octanol–water partition coefficient (Wildman–Crippen LogP) is 2.81. The van der Waals surface area contributed by atoms with Crippen molar-refractivity contribution < 1.29 is 4.79 Å². The van der Waals surface area contributed by atoms with E-state index in [0.717, 1.165) is 22.5 Å². The Kier molecular flexibility index (Phi) is 6.21. The summed E-state index contributed by atoms with van der Waals surface area (Å²) in [5.74, 6) is 0.275. The fourth-order valence-corrected chi connectivity index (χ4v) is 3.62. The molecule has 1 atom stereocenters. The third-order valence-corrected chi connectivity index (χ3v) is 5.27. The fraction of sp³-hybridized carbons (Fsp3) is 0.208. The molecule has 0 spiro atoms. The van der Waals surface area contributed by atoms with Crippen LogP contribution in [0.15, 0.2) is 65.6 Å². The molecule has 8 nitrogen and oxygen atoms in total. The monoisotopic (exact) mass is 428 g/mol. The molecule has 0 bridgehead atoms. The molecule has 3 aromatic heterocycles. The van der Waals surface area contributed by atoms with E-state index in [1.807, 2.05) is 50.2 Å². The minimum atomic E-state index is -0.345. The lowest BCUT2D eigenvalue weighted by Crippen LogP contribution is -2.32. The maximum absolute atomic E-state index is 12.9. The second kappa shape index (κ2) is 9.38. The molecule has 162 valence electrons. The number of aromatic nitrogens is 5. The summed E-state index contributed by atoms with van der Waals surface area (Å²) in [4.78, 5) is 36.8. The van der Waals surface area contributed by atoms with E-state index in [2.05, 4.69) is 30.5 Å². The number of pyridine rings is 1. The Hall–Kier alpha value is -4.07. The SMILES string of the molecule is Cc1n[nH]c(C)c1CC(=O)NC(Cc1cc(=O)[nH]c(-c2ccccn2)n1)c1ccccc1. The first-order valence-corrected chi connectivity index (χ1v) is 10.4. The van der Waals surface area contributed by atoms with Gasteiger partial charge >= 0.3 is 0 Å². The first-order chi connectivity index (χ1) is 15.5. The van der Waals surface area contributed by atoms with Crippen molar-refractivity contribution in [1.82, 2.24) is 30.5 Å². The molecule has 1 amide bonds. The highest BCUT2D eigenvalue weighted by molar-refractivity contribution is 5.79. The Morgan fingerprint density at radius 1 is 1.09 bits per heavy atom. The van der Waals surface area contributed by atoms with Crippen LogP contribution < -0.4 is 10.9 Å². The minimum Gasteiger partial charge on any atom is -0.349 e. The Bertz CT molecular complexity index is 1250. The number of hydrogen-bond donors (Lipinski definition) is 3. The van der Waals surface area contributed by atoms with Crippen LogP contribution >= 0.6 is 0 Å². The van der Waals surface area contributed by atoms with E-state index in [4.69, 9.17) is 0 Å². The zero-order valence-electron chi connectivity index (χ0n) is 17.9. The van der Waals surface area contributed by atoms with E-state index in [1.54, 1.807) is 18.3 Å². The largest absolute Gasteiger partial charge is 0.349 e. The molecule has 0 saturated carbocycles. The Morgan fingerprint density at radius 2 is 1.88 bits per heavy atom. The maximum atomic E-state index is 12.9. The van der Waals surface area contributed by atoms with Gasteiger partial charge in [-0.25, -0.2) is 4.98 Å². The summed E-state index contributed by atoms with van der Waals surface area (Å²) in [6.45, 7) is 3.77. The summed E-state index contributed by atoms with van der Waals surface area (Å²) in [6, 6.07) is 16.2. The number of carbonyl (C=O) groups excluding carboxylic acids is 1. The normalized spacial score (nSPS) is 11.8. The number of amides is 1. The molecular formula is C24H24N6O2. The van der Waals surface area contributed by atoms with E-state index in [1.165, 1.54) is 6.07 Å². The van der Waals surface area contributed by atoms with Gasteiger partial charge in [-0.2, -0.15) is 5.10 Å². The maximum Gasteiger partial charge on any atom is 0.251 e. The van der Waals surface area contributed by atoms with Crippen LogP contribution in [0.2, 0.25) is 0 Å². The van der Waals surface area contributed by atoms with Gasteiger partial charge in [-0.05, 0) is 31.5 Å². The molecule has 1 unspecified atom stereocenters. The van der Waals surface area contributed by atoms with E-state index in [9.17, 15) is 9.59 Å². The van der Waals surface area contributed by atoms with E-state index >= 15 is 0 Å². The van der Waals surface area contributed by atoms with Gasteiger partial charge < -0.3 is 10.3 Å². The number of hydrogen-bond acceptors (Lipinski definition) is 5. The van der Waals surface area contributed by atoms with Crippen LogP contribution in [0.25, 0.3) is 11.5 Å². The number of nitrogens with one attached hydrogen (secondary N) is 3. The van der Waals surface area contributed by atoms with Crippen LogP contribution in [0, 0.1) is 13.8 Å². The average molecular weight is 428 g/mol. The summed E-state index contributed by atoms with van der Waals surface area (Å²) in [5.41, 5.74) is 4.40. The molecule has 0 aliphatic rings. The van der Waals surface area contributed by atoms with Gasteiger partial charge in [0.1, 0.15) is 5.69 Å². The van der Waals surface area contributed by atoms with Crippen molar-refractivity contribution in [3.05, 3.63) is 99.4 Å². The van der Waals surface area contributed by atoms with Gasteiger partial charge in [0.25, 0.3) is 5.56 Å². The number of rotatable bonds is 7. The quantitative estimate of drug-likeness (QED) is 0.419. The number of nitrogens with zero attached hydrogens (tertiary/aromatic N) is 3. The van der Waals surface area contributed by atoms with Crippen LogP contribution in [0.1, 0.15) is 34.3 Å². The second-order valence-electron chi connectivity index (χ2n) is 7.62. The zero-order valence-corrected chi connectivity index (χ0v) is 17.9. The fourth-order valence-electron chi connectivity index (χ4n) is 3.62. The van der Waals surface area contributed by atoms with Crippen LogP contribution in [-0.2, 0) is 17.6 Å². The van der Waals surface area contributed by atoms with E-state index < -0.39 is 0 Å². The van der Waals surface area contributed by atoms with Gasteiger partial charge in [-0.3, -0.25) is 19.7 Å². The number of aryl methyl sites for hydroxylation is 2. The highest BCUT2D eigenvalue weighted by atomic mass is 16.1. The lowest BCUT2D eigenvalue weighted by atomic mass is 10.0. The standard InChI is InChI=1S/C24H24N6O2/c1-15-19(16(2)30-29-15)14-23(32)27-21(17-8-4-3-5-9-17)12-18-13-22(31)28-24(26-18)20-10-6-7-11-25-20/h3-11,13,21H,12,14H2,1-2H3,(H,27,32)(H,29,30)(H,26,28,31). The molecule has 32 heavy (non-hydrogen) atoms. The van der Waals surface area contributed by atoms with E-state index in [0.29, 0.717) is 23.6 Å². The number of H-pyrrole nitrogens is 2. The van der Waals surface area contributed by atoms with Crippen LogP contribution in [0.5, 0.6) is 0 Å². The van der Waals surface area contributed by atoms with Crippen LogP contribution in [-0.4, -0.2) is 31.1 Å². The topological polar surface area (TPSA) is 116 Å². The summed E-state index contributed by atoms with van der Waals surface area (Å²) in [6.07, 6.45) is 2.23. The van der Waals surface area contributed by atoms with Gasteiger partial charge in [-0.1, -0.05) is 36.4 Å². The van der Waals surface area contributed by atoms with Gasteiger partial charge in [0.2, 0.25) is 5.91 Å². The van der Waals surface area contributed by atoms with Crippen molar-refractivity contribution in [3.8, 4) is 11.5 Å². The number of benzene rings is 1. The third kappa shape index (κ3) is 4.97. The minimum absolute atomic E-state index is 0.124. The predicted molar refractivity (Wildman–Crippen MR) is 121 cm³/mol. The van der Waals surface area contributed by atoms with Crippen molar-refractivity contribution >= 4 is 5.91 Å². The number of carbonyl (C=O) groups is 1. The molecule has 4 rings (SSSR count). The van der Waals surface area contributed by atoms with Gasteiger partial charge in [0.05, 0.1) is 23.9 Å². The van der Waals surface area contributed by atoms with Crippen LogP contribution in [0.4, 0.5) is 0 Å². The second-order valence-corrected chi connectivity index (χ2v) is 7.62.